The fourth-order valence-corrected chi connectivity index (χ4v) is 1.79. The number of methoxy groups -OCH3 is 1. The summed E-state index contributed by atoms with van der Waals surface area (Å²) in [6, 6.07) is 6.45. The number of aldehydes is 1. The number of hydrogen-bond acceptors (Lipinski definition) is 4. The molecule has 0 aliphatic heterocycles. The van der Waals surface area contributed by atoms with Gasteiger partial charge in [-0.2, -0.15) is 0 Å². The molecule has 0 saturated heterocycles. The molecule has 0 bridgehead atoms. The van der Waals surface area contributed by atoms with Crippen molar-refractivity contribution in [1.82, 2.24) is 4.98 Å². The first-order valence-corrected chi connectivity index (χ1v) is 5.85. The van der Waals surface area contributed by atoms with Crippen LogP contribution < -0.4 is 4.74 Å². The monoisotopic (exact) mass is 263 g/mol. The minimum Gasteiger partial charge on any atom is -0.485 e. The second-order valence-electron chi connectivity index (χ2n) is 4.19. The first kappa shape index (κ1) is 13.4. The van der Waals surface area contributed by atoms with E-state index in [1.807, 2.05) is 0 Å². The predicted octanol–water partition coefficient (Wildman–Crippen LogP) is 2.60. The lowest BCUT2D eigenvalue weighted by atomic mass is 10.2. The van der Waals surface area contributed by atoms with E-state index in [0.29, 0.717) is 18.3 Å². The molecule has 19 heavy (non-hydrogen) atoms. The van der Waals surface area contributed by atoms with Crippen molar-refractivity contribution in [3.8, 4) is 5.75 Å². The van der Waals surface area contributed by atoms with Crippen LogP contribution in [0.3, 0.4) is 0 Å². The van der Waals surface area contributed by atoms with Gasteiger partial charge in [0.05, 0.1) is 6.61 Å². The highest BCUT2D eigenvalue weighted by Crippen LogP contribution is 2.26. The molecule has 0 fully saturated rings. The molecule has 0 N–H and O–H groups in total. The lowest BCUT2D eigenvalue weighted by molar-refractivity contribution is 0.0895. The molecule has 5 heteroatoms. The van der Waals surface area contributed by atoms with Crippen LogP contribution in [0.5, 0.6) is 5.75 Å². The van der Waals surface area contributed by atoms with Gasteiger partial charge in [0.25, 0.3) is 0 Å². The Labute approximate surface area is 110 Å². The number of fused-ring (bicyclic) bond motifs is 1. The van der Waals surface area contributed by atoms with Gasteiger partial charge >= 0.3 is 0 Å². The molecule has 0 spiro atoms. The van der Waals surface area contributed by atoms with Crippen LogP contribution in [0.4, 0.5) is 4.39 Å². The van der Waals surface area contributed by atoms with Gasteiger partial charge in [0, 0.05) is 12.5 Å². The van der Waals surface area contributed by atoms with E-state index < -0.39 is 5.82 Å². The Kier molecular flexibility index (Phi) is 4.06. The molecule has 100 valence electrons. The third-order valence-corrected chi connectivity index (χ3v) is 2.64. The van der Waals surface area contributed by atoms with Crippen molar-refractivity contribution >= 4 is 17.2 Å². The van der Waals surface area contributed by atoms with Gasteiger partial charge in [-0.05, 0) is 25.1 Å². The Morgan fingerprint density at radius 1 is 1.37 bits per heavy atom. The van der Waals surface area contributed by atoms with E-state index >= 15 is 0 Å². The second kappa shape index (κ2) is 5.75. The first-order valence-electron chi connectivity index (χ1n) is 5.85. The SMILES string of the molecule is COCC(C)Oc1ccc2ccc(C=O)nc2c1F. The Bertz CT molecular complexity index is 601. The number of halogens is 1. The quantitative estimate of drug-likeness (QED) is 0.778. The van der Waals surface area contributed by atoms with E-state index in [2.05, 4.69) is 4.98 Å². The number of rotatable bonds is 5. The van der Waals surface area contributed by atoms with E-state index in [1.165, 1.54) is 0 Å². The van der Waals surface area contributed by atoms with Gasteiger partial charge in [0.1, 0.15) is 17.3 Å². The molecule has 4 nitrogen and oxygen atoms in total. The Morgan fingerprint density at radius 2 is 2.11 bits per heavy atom. The zero-order valence-electron chi connectivity index (χ0n) is 10.7. The summed E-state index contributed by atoms with van der Waals surface area (Å²) in [4.78, 5) is 14.6. The first-order chi connectivity index (χ1) is 9.15. The molecule has 1 unspecified atom stereocenters. The van der Waals surface area contributed by atoms with Crippen molar-refractivity contribution < 1.29 is 18.7 Å². The topological polar surface area (TPSA) is 48.4 Å². The largest absolute Gasteiger partial charge is 0.485 e. The normalized spacial score (nSPS) is 12.4. The van der Waals surface area contributed by atoms with E-state index in [4.69, 9.17) is 9.47 Å². The highest BCUT2D eigenvalue weighted by molar-refractivity contribution is 5.84. The third-order valence-electron chi connectivity index (χ3n) is 2.64. The van der Waals surface area contributed by atoms with Gasteiger partial charge in [-0.1, -0.05) is 6.07 Å². The van der Waals surface area contributed by atoms with E-state index in [-0.39, 0.29) is 23.1 Å². The number of nitrogens with zero attached hydrogens (tertiary/aromatic N) is 1. The van der Waals surface area contributed by atoms with Gasteiger partial charge in [-0.15, -0.1) is 0 Å². The average molecular weight is 263 g/mol. The summed E-state index contributed by atoms with van der Waals surface area (Å²) >= 11 is 0. The van der Waals surface area contributed by atoms with Crippen molar-refractivity contribution in [1.29, 1.82) is 0 Å². The molecule has 1 atom stereocenters. The summed E-state index contributed by atoms with van der Waals surface area (Å²) in [5, 5.41) is 0.620. The molecule has 0 radical (unpaired) electrons. The maximum Gasteiger partial charge on any atom is 0.191 e. The molecule has 1 heterocycles. The molecule has 1 aromatic heterocycles. The summed E-state index contributed by atoms with van der Waals surface area (Å²) in [6.45, 7) is 2.14. The minimum absolute atomic E-state index is 0.104. The van der Waals surface area contributed by atoms with Crippen LogP contribution in [-0.4, -0.2) is 31.1 Å². The van der Waals surface area contributed by atoms with Crippen LogP contribution >= 0.6 is 0 Å². The lowest BCUT2D eigenvalue weighted by Gasteiger charge is -2.14. The van der Waals surface area contributed by atoms with Crippen LogP contribution in [0.2, 0.25) is 0 Å². The maximum atomic E-state index is 14.2. The molecule has 2 aromatic rings. The molecule has 0 saturated carbocycles. The van der Waals surface area contributed by atoms with Gasteiger partial charge in [0.15, 0.2) is 17.9 Å². The molecule has 0 amide bonds. The fourth-order valence-electron chi connectivity index (χ4n) is 1.79. The second-order valence-corrected chi connectivity index (χ2v) is 4.19. The highest BCUT2D eigenvalue weighted by Gasteiger charge is 2.13. The fraction of sp³-hybridized carbons (Fsp3) is 0.286. The smallest absolute Gasteiger partial charge is 0.191 e. The molecule has 0 aliphatic rings. The third kappa shape index (κ3) is 2.88. The molecular formula is C14H14FNO3. The van der Waals surface area contributed by atoms with E-state index in [0.717, 1.165) is 0 Å². The molecule has 2 rings (SSSR count). The number of pyridine rings is 1. The van der Waals surface area contributed by atoms with Crippen molar-refractivity contribution in [2.75, 3.05) is 13.7 Å². The summed E-state index contributed by atoms with van der Waals surface area (Å²) in [7, 11) is 1.55. The predicted molar refractivity (Wildman–Crippen MR) is 69.1 cm³/mol. The molecular weight excluding hydrogens is 249 g/mol. The number of benzene rings is 1. The zero-order chi connectivity index (χ0) is 13.8. The Balaban J connectivity index is 2.40. The summed E-state index contributed by atoms with van der Waals surface area (Å²) in [5.74, 6) is -0.461. The standard InChI is InChI=1S/C14H14FNO3/c1-9(8-18-2)19-12-6-4-10-3-5-11(7-17)16-14(10)13(12)15/h3-7,9H,8H2,1-2H3. The molecule has 1 aromatic carbocycles. The van der Waals surface area contributed by atoms with Crippen LogP contribution in [0.1, 0.15) is 17.4 Å². The average Bonchev–Trinajstić information content (AvgIpc) is 2.42. The Hall–Kier alpha value is -2.01. The summed E-state index contributed by atoms with van der Waals surface area (Å²) in [6.07, 6.45) is 0.311. The van der Waals surface area contributed by atoms with Crippen molar-refractivity contribution in [2.45, 2.75) is 13.0 Å². The number of ether oxygens (including phenoxy) is 2. The summed E-state index contributed by atoms with van der Waals surface area (Å²) < 4.78 is 24.6. The summed E-state index contributed by atoms with van der Waals surface area (Å²) in [5.41, 5.74) is 0.320. The van der Waals surface area contributed by atoms with E-state index in [1.54, 1.807) is 38.3 Å². The van der Waals surface area contributed by atoms with Gasteiger partial charge in [0.2, 0.25) is 0 Å². The number of hydrogen-bond donors (Lipinski definition) is 0. The van der Waals surface area contributed by atoms with Gasteiger partial charge < -0.3 is 9.47 Å². The highest BCUT2D eigenvalue weighted by atomic mass is 19.1. The van der Waals surface area contributed by atoms with Crippen LogP contribution in [0.15, 0.2) is 24.3 Å². The molecule has 0 aliphatic carbocycles. The number of carbonyl (C=O) groups excluding carboxylic acids is 1. The van der Waals surface area contributed by atoms with Crippen LogP contribution in [-0.2, 0) is 4.74 Å². The lowest BCUT2D eigenvalue weighted by Crippen LogP contribution is -2.18. The van der Waals surface area contributed by atoms with Crippen molar-refractivity contribution in [3.63, 3.8) is 0 Å². The van der Waals surface area contributed by atoms with Crippen LogP contribution in [0.25, 0.3) is 10.9 Å². The van der Waals surface area contributed by atoms with Crippen LogP contribution in [0, 0.1) is 5.82 Å². The van der Waals surface area contributed by atoms with Gasteiger partial charge in [-0.25, -0.2) is 9.37 Å². The number of aromatic nitrogens is 1. The van der Waals surface area contributed by atoms with E-state index in [9.17, 15) is 9.18 Å². The minimum atomic E-state index is -0.566. The zero-order valence-corrected chi connectivity index (χ0v) is 10.7. The Morgan fingerprint density at radius 3 is 2.79 bits per heavy atom. The van der Waals surface area contributed by atoms with Gasteiger partial charge in [-0.3, -0.25) is 4.79 Å². The van der Waals surface area contributed by atoms with Crippen molar-refractivity contribution in [3.05, 3.63) is 35.8 Å². The van der Waals surface area contributed by atoms with Crippen molar-refractivity contribution in [2.24, 2.45) is 0 Å². The number of carbonyl (C=O) groups is 1. The maximum absolute atomic E-state index is 14.2.